The highest BCUT2D eigenvalue weighted by Gasteiger charge is 2.19. The number of benzene rings is 1. The molecule has 0 unspecified atom stereocenters. The van der Waals surface area contributed by atoms with E-state index in [4.69, 9.17) is 4.74 Å². The van der Waals surface area contributed by atoms with Crippen molar-refractivity contribution in [1.29, 1.82) is 0 Å². The van der Waals surface area contributed by atoms with Crippen LogP contribution >= 0.6 is 0 Å². The minimum absolute atomic E-state index is 0.128. The molecule has 0 amide bonds. The van der Waals surface area contributed by atoms with Crippen LogP contribution in [-0.2, 0) is 13.2 Å². The number of hydrogen-bond donors (Lipinski definition) is 1. The Morgan fingerprint density at radius 3 is 2.68 bits per heavy atom. The minimum atomic E-state index is -0.128. The molecule has 1 aromatic heterocycles. The van der Waals surface area contributed by atoms with Crippen molar-refractivity contribution in [2.75, 3.05) is 26.7 Å². The molecule has 1 N–H and O–H groups in total. The number of aliphatic hydroxyl groups is 1. The average molecular weight is 302 g/mol. The standard InChI is InChI=1S/C16H22N4O2/c1-22-15-7-3-2-6-13(15)16-14(12-21)17-18-20(16)11-10-19-8-4-5-9-19/h2-3,6-7,21H,4-5,8-12H2,1H3. The van der Waals surface area contributed by atoms with Gasteiger partial charge in [0, 0.05) is 12.1 Å². The Morgan fingerprint density at radius 1 is 1.18 bits per heavy atom. The Morgan fingerprint density at radius 2 is 1.95 bits per heavy atom. The number of ether oxygens (including phenoxy) is 1. The van der Waals surface area contributed by atoms with Gasteiger partial charge in [0.15, 0.2) is 0 Å². The van der Waals surface area contributed by atoms with E-state index in [1.807, 2.05) is 28.9 Å². The van der Waals surface area contributed by atoms with Gasteiger partial charge in [-0.3, -0.25) is 0 Å². The molecule has 3 rings (SSSR count). The highest BCUT2D eigenvalue weighted by molar-refractivity contribution is 5.69. The molecule has 0 spiro atoms. The van der Waals surface area contributed by atoms with E-state index in [9.17, 15) is 5.11 Å². The monoisotopic (exact) mass is 302 g/mol. The number of para-hydroxylation sites is 1. The SMILES string of the molecule is COc1ccccc1-c1c(CO)nnn1CCN1CCCC1. The van der Waals surface area contributed by atoms with Crippen LogP contribution in [0, 0.1) is 0 Å². The first-order chi connectivity index (χ1) is 10.8. The van der Waals surface area contributed by atoms with Gasteiger partial charge in [-0.05, 0) is 38.1 Å². The minimum Gasteiger partial charge on any atom is -0.496 e. The number of likely N-dealkylation sites (tertiary alicyclic amines) is 1. The molecular weight excluding hydrogens is 280 g/mol. The van der Waals surface area contributed by atoms with E-state index in [-0.39, 0.29) is 6.61 Å². The summed E-state index contributed by atoms with van der Waals surface area (Å²) in [6.07, 6.45) is 2.55. The van der Waals surface area contributed by atoms with Gasteiger partial charge >= 0.3 is 0 Å². The van der Waals surface area contributed by atoms with Gasteiger partial charge in [-0.1, -0.05) is 17.3 Å². The summed E-state index contributed by atoms with van der Waals surface area (Å²) in [4.78, 5) is 2.44. The van der Waals surface area contributed by atoms with Crippen molar-refractivity contribution in [2.24, 2.45) is 0 Å². The van der Waals surface area contributed by atoms with Crippen LogP contribution in [-0.4, -0.2) is 51.7 Å². The zero-order valence-corrected chi connectivity index (χ0v) is 12.9. The first-order valence-electron chi connectivity index (χ1n) is 7.72. The molecule has 6 heteroatoms. The molecule has 0 aliphatic carbocycles. The Balaban J connectivity index is 1.89. The maximum atomic E-state index is 9.57. The van der Waals surface area contributed by atoms with Crippen LogP contribution in [0.4, 0.5) is 0 Å². The fourth-order valence-corrected chi connectivity index (χ4v) is 2.99. The van der Waals surface area contributed by atoms with Crippen LogP contribution in [0.1, 0.15) is 18.5 Å². The first kappa shape index (κ1) is 15.0. The number of hydrogen-bond acceptors (Lipinski definition) is 5. The van der Waals surface area contributed by atoms with Gasteiger partial charge in [-0.2, -0.15) is 0 Å². The van der Waals surface area contributed by atoms with Gasteiger partial charge in [-0.25, -0.2) is 4.68 Å². The molecule has 1 aromatic carbocycles. The van der Waals surface area contributed by atoms with E-state index in [1.54, 1.807) is 7.11 Å². The summed E-state index contributed by atoms with van der Waals surface area (Å²) in [6, 6.07) is 7.77. The number of aromatic nitrogens is 3. The molecular formula is C16H22N4O2. The summed E-state index contributed by atoms with van der Waals surface area (Å²) < 4.78 is 7.32. The van der Waals surface area contributed by atoms with Crippen molar-refractivity contribution in [3.63, 3.8) is 0 Å². The van der Waals surface area contributed by atoms with Crippen LogP contribution in [0.3, 0.4) is 0 Å². The van der Waals surface area contributed by atoms with E-state index in [0.717, 1.165) is 43.2 Å². The van der Waals surface area contributed by atoms with Crippen LogP contribution in [0.2, 0.25) is 0 Å². The van der Waals surface area contributed by atoms with Crippen molar-refractivity contribution in [3.8, 4) is 17.0 Å². The predicted molar refractivity (Wildman–Crippen MR) is 83.6 cm³/mol. The van der Waals surface area contributed by atoms with E-state index >= 15 is 0 Å². The number of nitrogens with zero attached hydrogens (tertiary/aromatic N) is 4. The maximum absolute atomic E-state index is 9.57. The molecule has 0 bridgehead atoms. The van der Waals surface area contributed by atoms with Gasteiger partial charge in [0.1, 0.15) is 11.4 Å². The Bertz CT molecular complexity index is 620. The molecule has 1 saturated heterocycles. The summed E-state index contributed by atoms with van der Waals surface area (Å²) in [6.45, 7) is 3.91. The number of aliphatic hydroxyl groups excluding tert-OH is 1. The Hall–Kier alpha value is -1.92. The lowest BCUT2D eigenvalue weighted by molar-refractivity contribution is 0.277. The van der Waals surface area contributed by atoms with Crippen LogP contribution in [0.15, 0.2) is 24.3 Å². The third-order valence-electron chi connectivity index (χ3n) is 4.14. The predicted octanol–water partition coefficient (Wildman–Crippen LogP) is 1.54. The summed E-state index contributed by atoms with van der Waals surface area (Å²) in [7, 11) is 1.65. The van der Waals surface area contributed by atoms with Crippen molar-refractivity contribution >= 4 is 0 Å². The fourth-order valence-electron chi connectivity index (χ4n) is 2.99. The van der Waals surface area contributed by atoms with Crippen LogP contribution in [0.5, 0.6) is 5.75 Å². The summed E-state index contributed by atoms with van der Waals surface area (Å²) >= 11 is 0. The molecule has 2 heterocycles. The molecule has 6 nitrogen and oxygen atoms in total. The van der Waals surface area contributed by atoms with E-state index in [1.165, 1.54) is 12.8 Å². The quantitative estimate of drug-likeness (QED) is 0.877. The average Bonchev–Trinajstić information content (AvgIpc) is 3.21. The van der Waals surface area contributed by atoms with Crippen molar-refractivity contribution < 1.29 is 9.84 Å². The number of methoxy groups -OCH3 is 1. The fraction of sp³-hybridized carbons (Fsp3) is 0.500. The topological polar surface area (TPSA) is 63.4 Å². The summed E-state index contributed by atoms with van der Waals surface area (Å²) in [5.41, 5.74) is 2.35. The van der Waals surface area contributed by atoms with Crippen LogP contribution < -0.4 is 4.74 Å². The first-order valence-corrected chi connectivity index (χ1v) is 7.72. The van der Waals surface area contributed by atoms with Crippen molar-refractivity contribution in [1.82, 2.24) is 19.9 Å². The van der Waals surface area contributed by atoms with Crippen LogP contribution in [0.25, 0.3) is 11.3 Å². The second kappa shape index (κ2) is 6.89. The molecule has 0 radical (unpaired) electrons. The Labute approximate surface area is 130 Å². The molecule has 0 saturated carbocycles. The maximum Gasteiger partial charge on any atom is 0.128 e. The van der Waals surface area contributed by atoms with Gasteiger partial charge in [0.25, 0.3) is 0 Å². The van der Waals surface area contributed by atoms with Crippen molar-refractivity contribution in [3.05, 3.63) is 30.0 Å². The highest BCUT2D eigenvalue weighted by atomic mass is 16.5. The lowest BCUT2D eigenvalue weighted by Crippen LogP contribution is -2.24. The largest absolute Gasteiger partial charge is 0.496 e. The highest BCUT2D eigenvalue weighted by Crippen LogP contribution is 2.31. The molecule has 1 aliphatic rings. The zero-order chi connectivity index (χ0) is 15.4. The molecule has 22 heavy (non-hydrogen) atoms. The third-order valence-corrected chi connectivity index (χ3v) is 4.14. The number of rotatable bonds is 6. The van der Waals surface area contributed by atoms with Gasteiger partial charge in [0.2, 0.25) is 0 Å². The van der Waals surface area contributed by atoms with E-state index in [2.05, 4.69) is 15.2 Å². The molecule has 1 fully saturated rings. The van der Waals surface area contributed by atoms with E-state index < -0.39 is 0 Å². The second-order valence-corrected chi connectivity index (χ2v) is 5.52. The van der Waals surface area contributed by atoms with Gasteiger partial charge < -0.3 is 14.7 Å². The third kappa shape index (κ3) is 2.98. The Kier molecular flexibility index (Phi) is 4.70. The van der Waals surface area contributed by atoms with Crippen molar-refractivity contribution in [2.45, 2.75) is 26.0 Å². The smallest absolute Gasteiger partial charge is 0.128 e. The summed E-state index contributed by atoms with van der Waals surface area (Å²) in [5.74, 6) is 0.766. The molecule has 2 aromatic rings. The molecule has 1 aliphatic heterocycles. The van der Waals surface area contributed by atoms with Gasteiger partial charge in [0.05, 0.1) is 26.0 Å². The lowest BCUT2D eigenvalue weighted by atomic mass is 10.1. The molecule has 118 valence electrons. The summed E-state index contributed by atoms with van der Waals surface area (Å²) in [5, 5.41) is 17.9. The normalized spacial score (nSPS) is 15.4. The van der Waals surface area contributed by atoms with E-state index in [0.29, 0.717) is 5.69 Å². The van der Waals surface area contributed by atoms with Gasteiger partial charge in [-0.15, -0.1) is 5.10 Å². The molecule has 0 atom stereocenters. The lowest BCUT2D eigenvalue weighted by Gasteiger charge is -2.16. The zero-order valence-electron chi connectivity index (χ0n) is 12.9. The second-order valence-electron chi connectivity index (χ2n) is 5.52.